The summed E-state index contributed by atoms with van der Waals surface area (Å²) in [4.78, 5) is 16.4. The van der Waals surface area contributed by atoms with Gasteiger partial charge >= 0.3 is 6.18 Å². The number of imidazole rings is 1. The summed E-state index contributed by atoms with van der Waals surface area (Å²) in [5.41, 5.74) is -0.613. The molecule has 0 saturated heterocycles. The number of benzene rings is 1. The van der Waals surface area contributed by atoms with E-state index in [4.69, 9.17) is 0 Å². The van der Waals surface area contributed by atoms with Crippen molar-refractivity contribution in [1.29, 1.82) is 0 Å². The zero-order valence-corrected chi connectivity index (χ0v) is 11.6. The number of rotatable bonds is 2. The minimum atomic E-state index is -4.42. The molecule has 1 N–H and O–H groups in total. The standard InChI is InChI=1S/C15H14F3N3O/c16-15(17,18)11-2-1-3-12(9-11)20-14(22)10-4-6-21-7-5-19-13(21)8-10/h1-3,5,7,9-10H,4,6,8H2,(H,20,22). The van der Waals surface area contributed by atoms with E-state index in [2.05, 4.69) is 10.3 Å². The van der Waals surface area contributed by atoms with Gasteiger partial charge in [-0.25, -0.2) is 4.98 Å². The normalized spacial score (nSPS) is 17.9. The fraction of sp³-hybridized carbons (Fsp3) is 0.333. The molecular weight excluding hydrogens is 295 g/mol. The van der Waals surface area contributed by atoms with Crippen LogP contribution in [0.4, 0.5) is 18.9 Å². The van der Waals surface area contributed by atoms with Crippen molar-refractivity contribution in [1.82, 2.24) is 9.55 Å². The lowest BCUT2D eigenvalue weighted by Crippen LogP contribution is -2.30. The van der Waals surface area contributed by atoms with Crippen molar-refractivity contribution in [2.75, 3.05) is 5.32 Å². The molecule has 116 valence electrons. The summed E-state index contributed by atoms with van der Waals surface area (Å²) in [6.07, 6.45) is 0.265. The molecule has 3 rings (SSSR count). The molecule has 1 amide bonds. The van der Waals surface area contributed by atoms with Gasteiger partial charge in [0, 0.05) is 37.0 Å². The smallest absolute Gasteiger partial charge is 0.335 e. The van der Waals surface area contributed by atoms with Crippen molar-refractivity contribution in [3.05, 3.63) is 48.0 Å². The number of anilines is 1. The highest BCUT2D eigenvalue weighted by Gasteiger charge is 2.31. The number of alkyl halides is 3. The zero-order valence-electron chi connectivity index (χ0n) is 11.6. The van der Waals surface area contributed by atoms with Crippen LogP contribution in [0.3, 0.4) is 0 Å². The van der Waals surface area contributed by atoms with Crippen LogP contribution >= 0.6 is 0 Å². The Balaban J connectivity index is 1.70. The van der Waals surface area contributed by atoms with Crippen molar-refractivity contribution < 1.29 is 18.0 Å². The van der Waals surface area contributed by atoms with Crippen LogP contribution < -0.4 is 5.32 Å². The highest BCUT2D eigenvalue weighted by atomic mass is 19.4. The molecule has 1 atom stereocenters. The van der Waals surface area contributed by atoms with Crippen LogP contribution in [0.1, 0.15) is 17.8 Å². The van der Waals surface area contributed by atoms with Gasteiger partial charge in [0.2, 0.25) is 5.91 Å². The monoisotopic (exact) mass is 309 g/mol. The van der Waals surface area contributed by atoms with Crippen molar-refractivity contribution in [2.45, 2.75) is 25.6 Å². The number of fused-ring (bicyclic) bond motifs is 1. The van der Waals surface area contributed by atoms with Gasteiger partial charge in [-0.05, 0) is 24.6 Å². The van der Waals surface area contributed by atoms with E-state index in [1.165, 1.54) is 12.1 Å². The van der Waals surface area contributed by atoms with E-state index in [1.54, 1.807) is 6.20 Å². The number of aryl methyl sites for hydroxylation is 1. The summed E-state index contributed by atoms with van der Waals surface area (Å²) >= 11 is 0. The molecule has 0 fully saturated rings. The lowest BCUT2D eigenvalue weighted by molar-refractivity contribution is -0.137. The lowest BCUT2D eigenvalue weighted by atomic mass is 9.96. The number of amides is 1. The van der Waals surface area contributed by atoms with E-state index >= 15 is 0 Å². The van der Waals surface area contributed by atoms with Gasteiger partial charge in [0.25, 0.3) is 0 Å². The van der Waals surface area contributed by atoms with Gasteiger partial charge in [-0.2, -0.15) is 13.2 Å². The van der Waals surface area contributed by atoms with Crippen LogP contribution in [-0.4, -0.2) is 15.5 Å². The third-order valence-corrected chi connectivity index (χ3v) is 3.78. The van der Waals surface area contributed by atoms with E-state index in [0.717, 1.165) is 18.0 Å². The zero-order chi connectivity index (χ0) is 15.7. The van der Waals surface area contributed by atoms with Crippen LogP contribution in [0, 0.1) is 5.92 Å². The van der Waals surface area contributed by atoms with Crippen LogP contribution in [-0.2, 0) is 23.9 Å². The van der Waals surface area contributed by atoms with Crippen molar-refractivity contribution >= 4 is 11.6 Å². The molecule has 2 heterocycles. The van der Waals surface area contributed by atoms with Gasteiger partial charge < -0.3 is 9.88 Å². The molecule has 1 aromatic heterocycles. The minimum absolute atomic E-state index is 0.161. The van der Waals surface area contributed by atoms with Gasteiger partial charge in [-0.15, -0.1) is 0 Å². The number of nitrogens with one attached hydrogen (secondary N) is 1. The Bertz CT molecular complexity index is 693. The molecule has 0 radical (unpaired) electrons. The maximum Gasteiger partial charge on any atom is 0.416 e. The Hall–Kier alpha value is -2.31. The average Bonchev–Trinajstić information content (AvgIpc) is 2.94. The summed E-state index contributed by atoms with van der Waals surface area (Å²) < 4.78 is 40.0. The molecule has 0 aliphatic carbocycles. The second kappa shape index (κ2) is 5.47. The lowest BCUT2D eigenvalue weighted by Gasteiger charge is -2.22. The molecule has 1 aliphatic rings. The van der Waals surface area contributed by atoms with E-state index in [-0.39, 0.29) is 17.5 Å². The fourth-order valence-electron chi connectivity index (χ4n) is 2.59. The molecule has 22 heavy (non-hydrogen) atoms. The van der Waals surface area contributed by atoms with Gasteiger partial charge in [-0.3, -0.25) is 4.79 Å². The molecule has 0 saturated carbocycles. The molecule has 7 heteroatoms. The Morgan fingerprint density at radius 3 is 2.95 bits per heavy atom. The average molecular weight is 309 g/mol. The first kappa shape index (κ1) is 14.6. The number of carbonyl (C=O) groups excluding carboxylic acids is 1. The van der Waals surface area contributed by atoms with Crippen molar-refractivity contribution in [3.63, 3.8) is 0 Å². The summed E-state index contributed by atoms with van der Waals surface area (Å²) in [5.74, 6) is 0.286. The largest absolute Gasteiger partial charge is 0.416 e. The minimum Gasteiger partial charge on any atom is -0.335 e. The summed E-state index contributed by atoms with van der Waals surface area (Å²) in [6, 6.07) is 4.66. The number of nitrogens with zero attached hydrogens (tertiary/aromatic N) is 2. The molecule has 1 aliphatic heterocycles. The van der Waals surface area contributed by atoms with E-state index in [0.29, 0.717) is 19.4 Å². The Kier molecular flexibility index (Phi) is 3.64. The third kappa shape index (κ3) is 2.98. The molecule has 0 bridgehead atoms. The van der Waals surface area contributed by atoms with Gasteiger partial charge in [0.15, 0.2) is 0 Å². The topological polar surface area (TPSA) is 46.9 Å². The van der Waals surface area contributed by atoms with Gasteiger partial charge in [-0.1, -0.05) is 6.07 Å². The number of aromatic nitrogens is 2. The van der Waals surface area contributed by atoms with Gasteiger partial charge in [0.1, 0.15) is 5.82 Å². The second-order valence-corrected chi connectivity index (χ2v) is 5.29. The number of halogens is 3. The first-order valence-corrected chi connectivity index (χ1v) is 6.91. The van der Waals surface area contributed by atoms with Crippen LogP contribution in [0.15, 0.2) is 36.7 Å². The number of hydrogen-bond donors (Lipinski definition) is 1. The maximum absolute atomic E-state index is 12.7. The van der Waals surface area contributed by atoms with E-state index in [1.807, 2.05) is 10.8 Å². The second-order valence-electron chi connectivity index (χ2n) is 5.29. The van der Waals surface area contributed by atoms with Crippen molar-refractivity contribution in [2.24, 2.45) is 5.92 Å². The highest BCUT2D eigenvalue weighted by Crippen LogP contribution is 2.31. The quantitative estimate of drug-likeness (QED) is 0.926. The molecule has 4 nitrogen and oxygen atoms in total. The Morgan fingerprint density at radius 1 is 1.36 bits per heavy atom. The van der Waals surface area contributed by atoms with E-state index < -0.39 is 11.7 Å². The molecule has 1 unspecified atom stereocenters. The predicted molar refractivity (Wildman–Crippen MR) is 74.1 cm³/mol. The Morgan fingerprint density at radius 2 is 2.18 bits per heavy atom. The fourth-order valence-corrected chi connectivity index (χ4v) is 2.59. The predicted octanol–water partition coefficient (Wildman–Crippen LogP) is 3.10. The maximum atomic E-state index is 12.7. The van der Waals surface area contributed by atoms with Crippen LogP contribution in [0.5, 0.6) is 0 Å². The summed E-state index contributed by atoms with van der Waals surface area (Å²) in [7, 11) is 0. The van der Waals surface area contributed by atoms with Crippen LogP contribution in [0.25, 0.3) is 0 Å². The highest BCUT2D eigenvalue weighted by molar-refractivity contribution is 5.92. The number of carbonyl (C=O) groups is 1. The first-order valence-electron chi connectivity index (χ1n) is 6.91. The van der Waals surface area contributed by atoms with Crippen LogP contribution in [0.2, 0.25) is 0 Å². The third-order valence-electron chi connectivity index (χ3n) is 3.78. The van der Waals surface area contributed by atoms with Crippen molar-refractivity contribution in [3.8, 4) is 0 Å². The molecular formula is C15H14F3N3O. The summed E-state index contributed by atoms with van der Waals surface area (Å²) in [6.45, 7) is 0.690. The number of hydrogen-bond acceptors (Lipinski definition) is 2. The SMILES string of the molecule is O=C(Nc1cccc(C(F)(F)F)c1)C1CCn2ccnc2C1. The molecule has 0 spiro atoms. The molecule has 1 aromatic carbocycles. The summed E-state index contributed by atoms with van der Waals surface area (Å²) in [5, 5.41) is 2.57. The first-order chi connectivity index (χ1) is 10.4. The van der Waals surface area contributed by atoms with E-state index in [9.17, 15) is 18.0 Å². The van der Waals surface area contributed by atoms with Gasteiger partial charge in [0.05, 0.1) is 5.56 Å². The molecule has 2 aromatic rings. The Labute approximate surface area is 125 Å².